The highest BCUT2D eigenvalue weighted by atomic mass is 79.9. The Hall–Kier alpha value is -1.39. The van der Waals surface area contributed by atoms with Gasteiger partial charge in [-0.05, 0) is 54.9 Å². The van der Waals surface area contributed by atoms with Crippen molar-refractivity contribution in [3.05, 3.63) is 40.9 Å². The summed E-state index contributed by atoms with van der Waals surface area (Å²) in [5.74, 6) is 0.176. The molecular weight excluding hydrogens is 316 g/mol. The van der Waals surface area contributed by atoms with Gasteiger partial charge in [0, 0.05) is 16.2 Å². The lowest BCUT2D eigenvalue weighted by atomic mass is 10.0. The Kier molecular flexibility index (Phi) is 3.76. The highest BCUT2D eigenvalue weighted by Gasteiger charge is 2.29. The molecule has 3 rings (SSSR count). The highest BCUT2D eigenvalue weighted by molar-refractivity contribution is 9.10. The van der Waals surface area contributed by atoms with E-state index in [9.17, 15) is 4.79 Å². The summed E-state index contributed by atoms with van der Waals surface area (Å²) in [5.41, 5.74) is 0.865. The Morgan fingerprint density at radius 3 is 2.75 bits per heavy atom. The van der Waals surface area contributed by atoms with E-state index >= 15 is 0 Å². The van der Waals surface area contributed by atoms with Crippen LogP contribution in [0.25, 0.3) is 10.8 Å². The van der Waals surface area contributed by atoms with Gasteiger partial charge in [-0.25, -0.2) is 0 Å². The molecule has 0 spiro atoms. The molecule has 2 unspecified atom stereocenters. The number of hydrogen-bond acceptors (Lipinski definition) is 2. The van der Waals surface area contributed by atoms with Gasteiger partial charge in [0.25, 0.3) is 0 Å². The van der Waals surface area contributed by atoms with Gasteiger partial charge in [-0.3, -0.25) is 4.79 Å². The first-order chi connectivity index (χ1) is 9.63. The second-order valence-corrected chi connectivity index (χ2v) is 6.25. The van der Waals surface area contributed by atoms with Crippen molar-refractivity contribution in [2.75, 3.05) is 11.9 Å². The maximum absolute atomic E-state index is 12.3. The Labute approximate surface area is 126 Å². The molecule has 20 heavy (non-hydrogen) atoms. The number of benzene rings is 2. The molecule has 0 radical (unpaired) electrons. The summed E-state index contributed by atoms with van der Waals surface area (Å²) >= 11 is 3.47. The second-order valence-electron chi connectivity index (χ2n) is 5.33. The zero-order valence-corrected chi connectivity index (χ0v) is 12.9. The first-order valence-electron chi connectivity index (χ1n) is 6.87. The molecule has 1 heterocycles. The first kappa shape index (κ1) is 13.6. The van der Waals surface area contributed by atoms with Gasteiger partial charge in [0.05, 0.1) is 5.92 Å². The van der Waals surface area contributed by atoms with Gasteiger partial charge in [-0.2, -0.15) is 0 Å². The minimum atomic E-state index is 0.0654. The number of hydrogen-bond donors (Lipinski definition) is 2. The standard InChI is InChI=1S/C16H17BrN2O/c1-10-15(6-7-18-10)16(20)19-14-5-3-11-8-13(17)4-2-12(11)9-14/h2-5,8-10,15,18H,6-7H2,1H3,(H,19,20). The maximum atomic E-state index is 12.3. The number of rotatable bonds is 2. The average Bonchev–Trinajstić information content (AvgIpc) is 2.85. The summed E-state index contributed by atoms with van der Waals surface area (Å²) in [5, 5.41) is 8.63. The predicted molar refractivity (Wildman–Crippen MR) is 85.8 cm³/mol. The van der Waals surface area contributed by atoms with Gasteiger partial charge >= 0.3 is 0 Å². The molecule has 2 aromatic carbocycles. The van der Waals surface area contributed by atoms with Gasteiger partial charge < -0.3 is 10.6 Å². The van der Waals surface area contributed by atoms with Crippen LogP contribution in [0.3, 0.4) is 0 Å². The molecule has 4 heteroatoms. The maximum Gasteiger partial charge on any atom is 0.229 e. The minimum absolute atomic E-state index is 0.0654. The summed E-state index contributed by atoms with van der Waals surface area (Å²) in [6, 6.07) is 12.4. The third-order valence-electron chi connectivity index (χ3n) is 3.93. The number of carbonyl (C=O) groups is 1. The van der Waals surface area contributed by atoms with E-state index in [1.54, 1.807) is 0 Å². The van der Waals surface area contributed by atoms with Crippen LogP contribution in [0.15, 0.2) is 40.9 Å². The Morgan fingerprint density at radius 1 is 1.25 bits per heavy atom. The summed E-state index contributed by atoms with van der Waals surface area (Å²) < 4.78 is 1.06. The first-order valence-corrected chi connectivity index (χ1v) is 7.66. The molecule has 1 aliphatic rings. The molecule has 2 aromatic rings. The van der Waals surface area contributed by atoms with Crippen molar-refractivity contribution in [2.45, 2.75) is 19.4 Å². The van der Waals surface area contributed by atoms with Crippen LogP contribution < -0.4 is 10.6 Å². The van der Waals surface area contributed by atoms with Crippen LogP contribution in [0.2, 0.25) is 0 Å². The van der Waals surface area contributed by atoms with Gasteiger partial charge in [0.15, 0.2) is 0 Å². The number of anilines is 1. The second kappa shape index (κ2) is 5.54. The van der Waals surface area contributed by atoms with Crippen molar-refractivity contribution in [2.24, 2.45) is 5.92 Å². The topological polar surface area (TPSA) is 41.1 Å². The number of amides is 1. The van der Waals surface area contributed by atoms with Crippen molar-refractivity contribution in [1.29, 1.82) is 0 Å². The van der Waals surface area contributed by atoms with Crippen LogP contribution in [0.4, 0.5) is 5.69 Å². The van der Waals surface area contributed by atoms with Crippen LogP contribution in [-0.2, 0) is 4.79 Å². The van der Waals surface area contributed by atoms with E-state index in [1.807, 2.05) is 24.3 Å². The summed E-state index contributed by atoms with van der Waals surface area (Å²) in [6.45, 7) is 2.99. The predicted octanol–water partition coefficient (Wildman–Crippen LogP) is 3.54. The van der Waals surface area contributed by atoms with Crippen LogP contribution >= 0.6 is 15.9 Å². The lowest BCUT2D eigenvalue weighted by molar-refractivity contribution is -0.119. The zero-order valence-electron chi connectivity index (χ0n) is 11.3. The number of halogens is 1. The van der Waals surface area contributed by atoms with E-state index in [4.69, 9.17) is 0 Å². The summed E-state index contributed by atoms with van der Waals surface area (Å²) in [4.78, 5) is 12.3. The fraction of sp³-hybridized carbons (Fsp3) is 0.312. The molecule has 0 saturated carbocycles. The summed E-state index contributed by atoms with van der Waals surface area (Å²) in [6.07, 6.45) is 0.910. The van der Waals surface area contributed by atoms with Crippen LogP contribution in [0.5, 0.6) is 0 Å². The molecule has 3 nitrogen and oxygen atoms in total. The monoisotopic (exact) mass is 332 g/mol. The molecule has 104 valence electrons. The van der Waals surface area contributed by atoms with Crippen molar-refractivity contribution in [1.82, 2.24) is 5.32 Å². The van der Waals surface area contributed by atoms with E-state index in [1.165, 1.54) is 0 Å². The van der Waals surface area contributed by atoms with Crippen LogP contribution in [0.1, 0.15) is 13.3 Å². The van der Waals surface area contributed by atoms with E-state index in [0.29, 0.717) is 0 Å². The van der Waals surface area contributed by atoms with Gasteiger partial charge in [-0.1, -0.05) is 28.1 Å². The lowest BCUT2D eigenvalue weighted by Gasteiger charge is -2.15. The molecule has 1 aliphatic heterocycles. The van der Waals surface area contributed by atoms with Crippen LogP contribution in [0, 0.1) is 5.92 Å². The minimum Gasteiger partial charge on any atom is -0.326 e. The average molecular weight is 333 g/mol. The molecule has 1 amide bonds. The highest BCUT2D eigenvalue weighted by Crippen LogP contribution is 2.24. The third-order valence-corrected chi connectivity index (χ3v) is 4.43. The fourth-order valence-corrected chi connectivity index (χ4v) is 3.13. The summed E-state index contributed by atoms with van der Waals surface area (Å²) in [7, 11) is 0. The SMILES string of the molecule is CC1NCCC1C(=O)Nc1ccc2cc(Br)ccc2c1. The van der Waals surface area contributed by atoms with E-state index in [-0.39, 0.29) is 17.9 Å². The van der Waals surface area contributed by atoms with Gasteiger partial charge in [0.2, 0.25) is 5.91 Å². The Morgan fingerprint density at radius 2 is 2.00 bits per heavy atom. The number of carbonyl (C=O) groups excluding carboxylic acids is 1. The number of fused-ring (bicyclic) bond motifs is 1. The molecule has 0 bridgehead atoms. The smallest absolute Gasteiger partial charge is 0.229 e. The normalized spacial score (nSPS) is 22.1. The molecule has 0 aromatic heterocycles. The van der Waals surface area contributed by atoms with Crippen molar-refractivity contribution in [3.63, 3.8) is 0 Å². The Balaban J connectivity index is 1.80. The van der Waals surface area contributed by atoms with Gasteiger partial charge in [0.1, 0.15) is 0 Å². The fourth-order valence-electron chi connectivity index (χ4n) is 2.75. The van der Waals surface area contributed by atoms with E-state index in [2.05, 4.69) is 45.6 Å². The number of nitrogens with one attached hydrogen (secondary N) is 2. The molecule has 0 aliphatic carbocycles. The Bertz CT molecular complexity index is 656. The van der Waals surface area contributed by atoms with Crippen molar-refractivity contribution < 1.29 is 4.79 Å². The zero-order chi connectivity index (χ0) is 14.1. The largest absolute Gasteiger partial charge is 0.326 e. The van der Waals surface area contributed by atoms with Crippen molar-refractivity contribution >= 4 is 38.3 Å². The molecule has 2 atom stereocenters. The molecule has 1 fully saturated rings. The van der Waals surface area contributed by atoms with Crippen LogP contribution in [-0.4, -0.2) is 18.5 Å². The lowest BCUT2D eigenvalue weighted by Crippen LogP contribution is -2.32. The van der Waals surface area contributed by atoms with E-state index < -0.39 is 0 Å². The quantitative estimate of drug-likeness (QED) is 0.883. The molecule has 2 N–H and O–H groups in total. The van der Waals surface area contributed by atoms with Gasteiger partial charge in [-0.15, -0.1) is 0 Å². The molecular formula is C16H17BrN2O. The van der Waals surface area contributed by atoms with Crippen molar-refractivity contribution in [3.8, 4) is 0 Å². The van der Waals surface area contributed by atoms with E-state index in [0.717, 1.165) is 33.9 Å². The third kappa shape index (κ3) is 2.72. The molecule has 1 saturated heterocycles.